The van der Waals surface area contributed by atoms with Crippen LogP contribution >= 0.6 is 0 Å². The van der Waals surface area contributed by atoms with Crippen LogP contribution < -0.4 is 5.32 Å². The van der Waals surface area contributed by atoms with E-state index >= 15 is 0 Å². The molecular weight excluding hydrogens is 328 g/mol. The molecule has 0 saturated carbocycles. The van der Waals surface area contributed by atoms with Crippen molar-refractivity contribution in [2.24, 2.45) is 11.3 Å². The lowest BCUT2D eigenvalue weighted by molar-refractivity contribution is -0.136. The van der Waals surface area contributed by atoms with Crippen molar-refractivity contribution < 1.29 is 9.59 Å². The highest BCUT2D eigenvalue weighted by Gasteiger charge is 2.38. The van der Waals surface area contributed by atoms with Crippen molar-refractivity contribution in [3.8, 4) is 0 Å². The summed E-state index contributed by atoms with van der Waals surface area (Å²) in [5.74, 6) is 0.676. The lowest BCUT2D eigenvalue weighted by Crippen LogP contribution is -2.46. The first kappa shape index (κ1) is 18.8. The summed E-state index contributed by atoms with van der Waals surface area (Å²) in [6, 6.07) is 3.73. The van der Waals surface area contributed by atoms with Crippen LogP contribution in [0, 0.1) is 11.3 Å². The molecule has 6 heteroatoms. The fourth-order valence-electron chi connectivity index (χ4n) is 4.55. The first-order chi connectivity index (χ1) is 12.3. The average molecular weight is 358 g/mol. The van der Waals surface area contributed by atoms with Gasteiger partial charge in [0.15, 0.2) is 0 Å². The summed E-state index contributed by atoms with van der Waals surface area (Å²) in [5.41, 5.74) is 1.08. The normalized spacial score (nSPS) is 21.5. The zero-order chi connectivity index (χ0) is 18.9. The molecule has 6 nitrogen and oxygen atoms in total. The highest BCUT2D eigenvalue weighted by molar-refractivity contribution is 6.00. The van der Waals surface area contributed by atoms with E-state index in [1.165, 1.54) is 0 Å². The van der Waals surface area contributed by atoms with Crippen LogP contribution in [0.1, 0.15) is 44.6 Å². The molecule has 1 aromatic heterocycles. The first-order valence-electron chi connectivity index (χ1n) is 9.46. The van der Waals surface area contributed by atoms with Crippen molar-refractivity contribution in [1.82, 2.24) is 14.8 Å². The van der Waals surface area contributed by atoms with Crippen molar-refractivity contribution in [3.05, 3.63) is 23.9 Å². The molecule has 2 aliphatic rings. The molecule has 1 saturated heterocycles. The Morgan fingerprint density at radius 2 is 2.04 bits per heavy atom. The van der Waals surface area contributed by atoms with Crippen LogP contribution in [0.4, 0.5) is 5.82 Å². The maximum absolute atomic E-state index is 13.1. The number of piperidine rings is 1. The highest BCUT2D eigenvalue weighted by Crippen LogP contribution is 2.37. The molecule has 26 heavy (non-hydrogen) atoms. The lowest BCUT2D eigenvalue weighted by atomic mass is 9.73. The second kappa shape index (κ2) is 7.35. The van der Waals surface area contributed by atoms with Crippen molar-refractivity contribution in [2.45, 2.75) is 39.0 Å². The molecule has 3 heterocycles. The molecule has 1 aromatic rings. The molecule has 0 aliphatic carbocycles. The molecule has 2 aliphatic heterocycles. The van der Waals surface area contributed by atoms with E-state index in [-0.39, 0.29) is 23.7 Å². The van der Waals surface area contributed by atoms with E-state index in [1.807, 2.05) is 17.0 Å². The third-order valence-electron chi connectivity index (χ3n) is 5.80. The van der Waals surface area contributed by atoms with E-state index in [1.54, 1.807) is 6.20 Å². The van der Waals surface area contributed by atoms with E-state index in [9.17, 15) is 9.59 Å². The molecule has 1 N–H and O–H groups in total. The Bertz CT molecular complexity index is 678. The van der Waals surface area contributed by atoms with Crippen LogP contribution in [-0.2, 0) is 9.59 Å². The molecule has 0 spiro atoms. The van der Waals surface area contributed by atoms with Crippen LogP contribution in [0.15, 0.2) is 18.3 Å². The first-order valence-corrected chi connectivity index (χ1v) is 9.46. The van der Waals surface area contributed by atoms with Crippen LogP contribution in [-0.4, -0.2) is 60.3 Å². The van der Waals surface area contributed by atoms with E-state index in [4.69, 9.17) is 0 Å². The SMILES string of the molecule is CN(C)CC(C)(C)C1CCN(C(=O)C2CC(=O)Nc3ncccc32)CC1. The number of anilines is 1. The van der Waals surface area contributed by atoms with Crippen LogP contribution in [0.25, 0.3) is 0 Å². The van der Waals surface area contributed by atoms with Gasteiger partial charge >= 0.3 is 0 Å². The maximum Gasteiger partial charge on any atom is 0.230 e. The number of fused-ring (bicyclic) bond motifs is 1. The predicted molar refractivity (Wildman–Crippen MR) is 102 cm³/mol. The Kier molecular flexibility index (Phi) is 5.32. The van der Waals surface area contributed by atoms with Crippen molar-refractivity contribution in [1.29, 1.82) is 0 Å². The molecule has 0 bridgehead atoms. The maximum atomic E-state index is 13.1. The summed E-state index contributed by atoms with van der Waals surface area (Å²) in [5, 5.41) is 2.77. The van der Waals surface area contributed by atoms with Crippen molar-refractivity contribution in [2.75, 3.05) is 39.0 Å². The molecule has 0 radical (unpaired) electrons. The molecule has 1 fully saturated rings. The van der Waals surface area contributed by atoms with Gasteiger partial charge in [0.2, 0.25) is 11.8 Å². The van der Waals surface area contributed by atoms with Crippen LogP contribution in [0.2, 0.25) is 0 Å². The summed E-state index contributed by atoms with van der Waals surface area (Å²) >= 11 is 0. The Morgan fingerprint density at radius 1 is 1.35 bits per heavy atom. The average Bonchev–Trinajstić information content (AvgIpc) is 2.59. The largest absolute Gasteiger partial charge is 0.342 e. The minimum Gasteiger partial charge on any atom is -0.342 e. The Labute approximate surface area is 156 Å². The third kappa shape index (κ3) is 3.90. The zero-order valence-corrected chi connectivity index (χ0v) is 16.3. The minimum atomic E-state index is -0.404. The number of nitrogens with one attached hydrogen (secondary N) is 1. The summed E-state index contributed by atoms with van der Waals surface area (Å²) < 4.78 is 0. The van der Waals surface area contributed by atoms with E-state index in [0.717, 1.165) is 38.0 Å². The molecule has 1 atom stereocenters. The minimum absolute atomic E-state index is 0.0676. The highest BCUT2D eigenvalue weighted by atomic mass is 16.2. The van der Waals surface area contributed by atoms with Gasteiger partial charge in [0.1, 0.15) is 5.82 Å². The Balaban J connectivity index is 1.67. The number of hydrogen-bond donors (Lipinski definition) is 1. The number of rotatable bonds is 4. The number of aromatic nitrogens is 1. The summed E-state index contributed by atoms with van der Waals surface area (Å²) in [6.07, 6.45) is 3.89. The molecule has 142 valence electrons. The van der Waals surface area contributed by atoms with Gasteiger partial charge in [-0.25, -0.2) is 4.98 Å². The van der Waals surface area contributed by atoms with Gasteiger partial charge in [-0.2, -0.15) is 0 Å². The fraction of sp³-hybridized carbons (Fsp3) is 0.650. The quantitative estimate of drug-likeness (QED) is 0.897. The lowest BCUT2D eigenvalue weighted by Gasteiger charge is -2.42. The molecule has 1 unspecified atom stereocenters. The Hall–Kier alpha value is -1.95. The van der Waals surface area contributed by atoms with Gasteiger partial charge in [0, 0.05) is 37.8 Å². The fourth-order valence-corrected chi connectivity index (χ4v) is 4.55. The van der Waals surface area contributed by atoms with Gasteiger partial charge in [0.05, 0.1) is 5.92 Å². The van der Waals surface area contributed by atoms with E-state index < -0.39 is 5.92 Å². The Morgan fingerprint density at radius 3 is 2.69 bits per heavy atom. The van der Waals surface area contributed by atoms with Crippen LogP contribution in [0.3, 0.4) is 0 Å². The molecular formula is C20H30N4O2. The number of amides is 2. The second-order valence-electron chi connectivity index (χ2n) is 8.57. The van der Waals surface area contributed by atoms with Gasteiger partial charge in [0.25, 0.3) is 0 Å². The zero-order valence-electron chi connectivity index (χ0n) is 16.3. The summed E-state index contributed by atoms with van der Waals surface area (Å²) in [6.45, 7) is 7.24. The van der Waals surface area contributed by atoms with Gasteiger partial charge in [-0.1, -0.05) is 19.9 Å². The van der Waals surface area contributed by atoms with E-state index in [0.29, 0.717) is 11.7 Å². The van der Waals surface area contributed by atoms with E-state index in [2.05, 4.69) is 43.1 Å². The standard InChI is InChI=1S/C20H30N4O2/c1-20(2,13-23(3)4)14-7-10-24(11-8-14)19(26)16-12-17(25)22-18-15(16)6-5-9-21-18/h5-6,9,14,16H,7-8,10-13H2,1-4H3,(H,21,22,25). The summed E-state index contributed by atoms with van der Waals surface area (Å²) in [4.78, 5) is 33.5. The third-order valence-corrected chi connectivity index (χ3v) is 5.80. The van der Waals surface area contributed by atoms with Gasteiger partial charge in [-0.05, 0) is 44.3 Å². The van der Waals surface area contributed by atoms with Gasteiger partial charge in [-0.3, -0.25) is 9.59 Å². The second-order valence-corrected chi connectivity index (χ2v) is 8.57. The van der Waals surface area contributed by atoms with Crippen molar-refractivity contribution in [3.63, 3.8) is 0 Å². The smallest absolute Gasteiger partial charge is 0.230 e. The number of nitrogens with zero attached hydrogens (tertiary/aromatic N) is 3. The summed E-state index contributed by atoms with van der Waals surface area (Å²) in [7, 11) is 4.22. The number of pyridine rings is 1. The molecule has 3 rings (SSSR count). The van der Waals surface area contributed by atoms with Gasteiger partial charge in [-0.15, -0.1) is 0 Å². The van der Waals surface area contributed by atoms with Gasteiger partial charge < -0.3 is 15.1 Å². The van der Waals surface area contributed by atoms with Crippen molar-refractivity contribution >= 4 is 17.6 Å². The number of carbonyl (C=O) groups excluding carboxylic acids is 2. The monoisotopic (exact) mass is 358 g/mol. The molecule has 2 amide bonds. The topological polar surface area (TPSA) is 65.5 Å². The molecule has 0 aromatic carbocycles. The number of likely N-dealkylation sites (tertiary alicyclic amines) is 1. The number of hydrogen-bond acceptors (Lipinski definition) is 4. The van der Waals surface area contributed by atoms with Crippen LogP contribution in [0.5, 0.6) is 0 Å². The predicted octanol–water partition coefficient (Wildman–Crippen LogP) is 2.33. The number of carbonyl (C=O) groups is 2.